The molecule has 2 aromatic heterocycles. The lowest BCUT2D eigenvalue weighted by Crippen LogP contribution is -2.39. The van der Waals surface area contributed by atoms with Crippen LogP contribution in [0.4, 0.5) is 0 Å². The van der Waals surface area contributed by atoms with Crippen molar-refractivity contribution >= 4 is 6.21 Å². The predicted octanol–water partition coefficient (Wildman–Crippen LogP) is 6.27. The zero-order valence-electron chi connectivity index (χ0n) is 23.7. The molecule has 0 radical (unpaired) electrons. The summed E-state index contributed by atoms with van der Waals surface area (Å²) >= 11 is 0. The van der Waals surface area contributed by atoms with Gasteiger partial charge in [0, 0.05) is 47.9 Å². The molecule has 39 heavy (non-hydrogen) atoms. The number of aromatic nitrogens is 6. The number of unbranched alkanes of at least 4 members (excludes halogenated alkanes) is 1. The Hall–Kier alpha value is -3.29. The minimum atomic E-state index is -0.394. The van der Waals surface area contributed by atoms with Crippen molar-refractivity contribution < 1.29 is 0 Å². The van der Waals surface area contributed by atoms with Crippen LogP contribution in [0, 0.1) is 11.8 Å². The van der Waals surface area contributed by atoms with Gasteiger partial charge in [-0.1, -0.05) is 77.2 Å². The van der Waals surface area contributed by atoms with Gasteiger partial charge in [0.2, 0.25) is 5.82 Å². The zero-order valence-corrected chi connectivity index (χ0v) is 23.7. The molecule has 2 aliphatic rings. The highest BCUT2D eigenvalue weighted by molar-refractivity contribution is 5.65. The molecule has 5 rings (SSSR count). The van der Waals surface area contributed by atoms with Gasteiger partial charge in [-0.2, -0.15) is 5.21 Å². The molecule has 1 N–H and O–H groups in total. The Bertz CT molecular complexity index is 1340. The van der Waals surface area contributed by atoms with E-state index in [-0.39, 0.29) is 11.7 Å². The number of aromatic amines is 1. The number of hydrogen-bond donors (Lipinski definition) is 1. The molecule has 0 saturated heterocycles. The maximum Gasteiger partial charge on any atom is 0.328 e. The Balaban J connectivity index is 1.58. The largest absolute Gasteiger partial charge is 0.328 e. The molecular formula is C31H43N7O. The van der Waals surface area contributed by atoms with Gasteiger partial charge >= 0.3 is 5.69 Å². The van der Waals surface area contributed by atoms with E-state index in [9.17, 15) is 4.79 Å². The molecule has 208 valence electrons. The highest BCUT2D eigenvalue weighted by Gasteiger charge is 2.35. The van der Waals surface area contributed by atoms with Gasteiger partial charge in [0.05, 0.1) is 0 Å². The summed E-state index contributed by atoms with van der Waals surface area (Å²) in [5, 5.41) is 14.7. The fourth-order valence-electron chi connectivity index (χ4n) is 6.78. The molecule has 0 bridgehead atoms. The number of benzene rings is 1. The maximum atomic E-state index is 14.4. The number of rotatable bonds is 9. The van der Waals surface area contributed by atoms with Gasteiger partial charge in [0.1, 0.15) is 0 Å². The van der Waals surface area contributed by atoms with Crippen LogP contribution in [0.3, 0.4) is 0 Å². The number of nitrogens with one attached hydrogen (secondary N) is 1. The molecule has 1 fully saturated rings. The van der Waals surface area contributed by atoms with Crippen LogP contribution in [0.5, 0.6) is 0 Å². The molecule has 8 nitrogen and oxygen atoms in total. The van der Waals surface area contributed by atoms with Crippen molar-refractivity contribution in [3.63, 3.8) is 0 Å². The van der Waals surface area contributed by atoms with Crippen molar-refractivity contribution in [3.05, 3.63) is 64.5 Å². The van der Waals surface area contributed by atoms with Crippen LogP contribution in [0.1, 0.15) is 95.9 Å². The van der Waals surface area contributed by atoms with E-state index < -0.39 is 5.41 Å². The van der Waals surface area contributed by atoms with Crippen LogP contribution in [0.15, 0.2) is 52.5 Å². The van der Waals surface area contributed by atoms with Gasteiger partial charge in [-0.3, -0.25) is 14.1 Å². The van der Waals surface area contributed by atoms with Crippen LogP contribution in [0.25, 0.3) is 11.4 Å². The van der Waals surface area contributed by atoms with Crippen molar-refractivity contribution in [3.8, 4) is 11.4 Å². The predicted molar refractivity (Wildman–Crippen MR) is 156 cm³/mol. The summed E-state index contributed by atoms with van der Waals surface area (Å²) in [4.78, 5) is 18.8. The van der Waals surface area contributed by atoms with Crippen molar-refractivity contribution in [1.29, 1.82) is 0 Å². The summed E-state index contributed by atoms with van der Waals surface area (Å²) in [7, 11) is 0. The van der Waals surface area contributed by atoms with Gasteiger partial charge in [-0.15, -0.1) is 10.2 Å². The van der Waals surface area contributed by atoms with E-state index in [1.807, 2.05) is 24.5 Å². The molecule has 1 aromatic carbocycles. The Labute approximate surface area is 231 Å². The third-order valence-corrected chi connectivity index (χ3v) is 9.04. The molecule has 0 spiro atoms. The van der Waals surface area contributed by atoms with E-state index in [0.717, 1.165) is 48.9 Å². The SMILES string of the molecule is CCCCc1cn(C2C(C)CCCCCC2CC)c(=O)n1CC1(c2cccc(-c3nn[nH]n3)c2)C=CN=CC1. The molecule has 1 aliphatic carbocycles. The van der Waals surface area contributed by atoms with Crippen molar-refractivity contribution in [2.75, 3.05) is 0 Å². The fourth-order valence-corrected chi connectivity index (χ4v) is 6.78. The zero-order chi connectivity index (χ0) is 27.2. The lowest BCUT2D eigenvalue weighted by atomic mass is 9.76. The first kappa shape index (κ1) is 27.3. The highest BCUT2D eigenvalue weighted by atomic mass is 16.1. The van der Waals surface area contributed by atoms with Gasteiger partial charge in [-0.05, 0) is 60.8 Å². The summed E-state index contributed by atoms with van der Waals surface area (Å²) in [5.41, 5.74) is 2.92. The molecule has 4 unspecified atom stereocenters. The van der Waals surface area contributed by atoms with Gasteiger partial charge in [0.15, 0.2) is 0 Å². The number of allylic oxidation sites excluding steroid dienone is 1. The molecule has 0 amide bonds. The molecule has 4 atom stereocenters. The number of imidazole rings is 1. The molecule has 3 heterocycles. The number of H-pyrrole nitrogens is 1. The van der Waals surface area contributed by atoms with Crippen molar-refractivity contribution in [1.82, 2.24) is 29.8 Å². The summed E-state index contributed by atoms with van der Waals surface area (Å²) in [5.74, 6) is 1.59. The topological polar surface area (TPSA) is 93.8 Å². The van der Waals surface area contributed by atoms with Crippen molar-refractivity contribution in [2.45, 2.75) is 103 Å². The van der Waals surface area contributed by atoms with Gasteiger partial charge in [-0.25, -0.2) is 4.79 Å². The van der Waals surface area contributed by atoms with E-state index in [1.54, 1.807) is 0 Å². The average Bonchev–Trinajstić information content (AvgIpc) is 3.60. The van der Waals surface area contributed by atoms with E-state index in [1.165, 1.54) is 32.1 Å². The standard InChI is InChI=1S/C31H43N7O/c1-4-6-15-27-21-37(28-23(3)11-8-7-9-12-24(28)5-2)30(39)38(27)22-31(16-18-32-19-17-31)26-14-10-13-25(20-26)29-33-35-36-34-29/h10,13-14,16,18-21,23-24,28H,4-9,11-12,15,17,22H2,1-3H3,(H,33,34,35,36). The normalized spacial score (nSPS) is 25.5. The van der Waals surface area contributed by atoms with Crippen LogP contribution in [0.2, 0.25) is 0 Å². The van der Waals surface area contributed by atoms with E-state index in [4.69, 9.17) is 0 Å². The van der Waals surface area contributed by atoms with Crippen LogP contribution in [-0.2, 0) is 18.4 Å². The summed E-state index contributed by atoms with van der Waals surface area (Å²) in [6.07, 6.45) is 19.4. The first-order valence-corrected chi connectivity index (χ1v) is 14.9. The lowest BCUT2D eigenvalue weighted by Gasteiger charge is -2.34. The second-order valence-electron chi connectivity index (χ2n) is 11.6. The third kappa shape index (κ3) is 5.70. The number of aryl methyl sites for hydroxylation is 1. The minimum absolute atomic E-state index is 0.140. The summed E-state index contributed by atoms with van der Waals surface area (Å²) in [6, 6.07) is 8.57. The van der Waals surface area contributed by atoms with E-state index in [0.29, 0.717) is 24.2 Å². The quantitative estimate of drug-likeness (QED) is 0.354. The summed E-state index contributed by atoms with van der Waals surface area (Å²) in [6.45, 7) is 7.45. The second-order valence-corrected chi connectivity index (χ2v) is 11.6. The Morgan fingerprint density at radius 1 is 1.15 bits per heavy atom. The Kier molecular flexibility index (Phi) is 8.58. The Morgan fingerprint density at radius 2 is 2.03 bits per heavy atom. The first-order chi connectivity index (χ1) is 19.1. The van der Waals surface area contributed by atoms with Gasteiger partial charge < -0.3 is 0 Å². The third-order valence-electron chi connectivity index (χ3n) is 9.04. The number of aliphatic imine (C=N–C) groups is 1. The first-order valence-electron chi connectivity index (χ1n) is 14.9. The Morgan fingerprint density at radius 3 is 2.77 bits per heavy atom. The number of tetrazole rings is 1. The van der Waals surface area contributed by atoms with Crippen molar-refractivity contribution in [2.24, 2.45) is 16.8 Å². The van der Waals surface area contributed by atoms with Crippen LogP contribution < -0.4 is 5.69 Å². The summed E-state index contributed by atoms with van der Waals surface area (Å²) < 4.78 is 4.22. The van der Waals surface area contributed by atoms with Crippen LogP contribution >= 0.6 is 0 Å². The van der Waals surface area contributed by atoms with E-state index in [2.05, 4.69) is 79.9 Å². The molecule has 1 saturated carbocycles. The van der Waals surface area contributed by atoms with Gasteiger partial charge in [0.25, 0.3) is 0 Å². The smallest absolute Gasteiger partial charge is 0.295 e. The molecule has 3 aromatic rings. The average molecular weight is 530 g/mol. The monoisotopic (exact) mass is 529 g/mol. The highest BCUT2D eigenvalue weighted by Crippen LogP contribution is 2.39. The lowest BCUT2D eigenvalue weighted by molar-refractivity contribution is 0.186. The number of hydrogen-bond acceptors (Lipinski definition) is 5. The molecule has 8 heteroatoms. The number of nitrogens with zero attached hydrogens (tertiary/aromatic N) is 6. The van der Waals surface area contributed by atoms with Crippen LogP contribution in [-0.4, -0.2) is 36.0 Å². The fraction of sp³-hybridized carbons (Fsp3) is 0.581. The van der Waals surface area contributed by atoms with E-state index >= 15 is 0 Å². The molecule has 1 aliphatic heterocycles. The minimum Gasteiger partial charge on any atom is -0.295 e. The second kappa shape index (κ2) is 12.3. The molecular weight excluding hydrogens is 486 g/mol. The maximum absolute atomic E-state index is 14.4.